The molecule has 0 fully saturated rings. The number of carbonyl (C=O) groups is 1. The molecule has 196 valence electrons. The molecule has 2 unspecified atom stereocenters. The Labute approximate surface area is 219 Å². The zero-order valence-corrected chi connectivity index (χ0v) is 21.7. The number of hydrogen-bond donors (Lipinski definition) is 3. The quantitative estimate of drug-likeness (QED) is 0.258. The summed E-state index contributed by atoms with van der Waals surface area (Å²) >= 11 is 0. The molecule has 0 aliphatic rings. The van der Waals surface area contributed by atoms with Crippen LogP contribution in [0.4, 0.5) is 0 Å². The van der Waals surface area contributed by atoms with E-state index in [0.29, 0.717) is 22.6 Å². The van der Waals surface area contributed by atoms with E-state index >= 15 is 0 Å². The van der Waals surface area contributed by atoms with Crippen molar-refractivity contribution >= 4 is 13.5 Å². The van der Waals surface area contributed by atoms with Crippen LogP contribution in [-0.4, -0.2) is 39.5 Å². The third-order valence-corrected chi connectivity index (χ3v) is 7.13. The van der Waals surface area contributed by atoms with E-state index in [1.807, 2.05) is 0 Å². The first-order valence-corrected chi connectivity index (χ1v) is 13.6. The Morgan fingerprint density at radius 3 is 2.32 bits per heavy atom. The molecule has 3 N–H and O–H groups in total. The standard InChI is InChI=1S/C27H27N4O6P/c1-3-37-38(34,35)17-18-7-9-19(10-8-18)24(20-11-13-21(36-2)14-12-20)30-26(32)22-16-29-25(31-27(22)33)23-6-4-5-15-28-23/h4-16,24H,3,17H2,1-2H3,(H,30,32)(H,34,35)(H,29,31,33). The maximum atomic E-state index is 13.2. The van der Waals surface area contributed by atoms with E-state index in [1.165, 1.54) is 6.20 Å². The van der Waals surface area contributed by atoms with Crippen molar-refractivity contribution in [3.63, 3.8) is 0 Å². The van der Waals surface area contributed by atoms with Crippen LogP contribution in [0.2, 0.25) is 0 Å². The van der Waals surface area contributed by atoms with Gasteiger partial charge in [0.1, 0.15) is 17.0 Å². The molecule has 38 heavy (non-hydrogen) atoms. The zero-order chi connectivity index (χ0) is 27.1. The lowest BCUT2D eigenvalue weighted by Gasteiger charge is -2.21. The molecule has 2 atom stereocenters. The summed E-state index contributed by atoms with van der Waals surface area (Å²) in [7, 11) is -2.19. The van der Waals surface area contributed by atoms with Crippen LogP contribution < -0.4 is 15.6 Å². The molecule has 2 heterocycles. The lowest BCUT2D eigenvalue weighted by molar-refractivity contribution is 0.0941. The summed E-state index contributed by atoms with van der Waals surface area (Å²) in [5.41, 5.74) is 1.77. The van der Waals surface area contributed by atoms with Crippen molar-refractivity contribution in [2.24, 2.45) is 0 Å². The molecule has 1 amide bonds. The second-order valence-corrected chi connectivity index (χ2v) is 10.2. The molecule has 4 rings (SSSR count). The number of nitrogens with zero attached hydrogens (tertiary/aromatic N) is 2. The van der Waals surface area contributed by atoms with Crippen LogP contribution in [0.1, 0.15) is 40.0 Å². The average molecular weight is 535 g/mol. The van der Waals surface area contributed by atoms with E-state index in [0.717, 1.165) is 5.56 Å². The van der Waals surface area contributed by atoms with E-state index in [1.54, 1.807) is 87.0 Å². The predicted octanol–water partition coefficient (Wildman–Crippen LogP) is 4.08. The second-order valence-electron chi connectivity index (χ2n) is 8.32. The number of amides is 1. The topological polar surface area (TPSA) is 143 Å². The van der Waals surface area contributed by atoms with Crippen LogP contribution in [0.25, 0.3) is 11.5 Å². The minimum absolute atomic E-state index is 0.133. The van der Waals surface area contributed by atoms with Gasteiger partial charge in [-0.2, -0.15) is 0 Å². The smallest absolute Gasteiger partial charge is 0.332 e. The Morgan fingerprint density at radius 1 is 1.05 bits per heavy atom. The van der Waals surface area contributed by atoms with Gasteiger partial charge >= 0.3 is 7.60 Å². The number of benzene rings is 2. The zero-order valence-electron chi connectivity index (χ0n) is 20.8. The molecule has 10 nitrogen and oxygen atoms in total. The van der Waals surface area contributed by atoms with Crippen LogP contribution in [0.15, 0.2) is 83.9 Å². The molecule has 2 aromatic heterocycles. The predicted molar refractivity (Wildman–Crippen MR) is 142 cm³/mol. The molecule has 0 radical (unpaired) electrons. The maximum Gasteiger partial charge on any atom is 0.332 e. The van der Waals surface area contributed by atoms with Crippen molar-refractivity contribution in [2.45, 2.75) is 19.1 Å². The van der Waals surface area contributed by atoms with Crippen molar-refractivity contribution in [1.82, 2.24) is 20.3 Å². The van der Waals surface area contributed by atoms with Gasteiger partial charge < -0.3 is 24.5 Å². The van der Waals surface area contributed by atoms with Gasteiger partial charge in [-0.05, 0) is 47.9 Å². The molecule has 0 bridgehead atoms. The lowest BCUT2D eigenvalue weighted by Crippen LogP contribution is -2.33. The number of methoxy groups -OCH3 is 1. The highest BCUT2D eigenvalue weighted by Gasteiger charge is 2.22. The molecular formula is C27H27N4O6P. The summed E-state index contributed by atoms with van der Waals surface area (Å²) in [6, 6.07) is 18.6. The van der Waals surface area contributed by atoms with Gasteiger partial charge in [0, 0.05) is 12.4 Å². The van der Waals surface area contributed by atoms with Gasteiger partial charge in [0.05, 0.1) is 25.9 Å². The number of carbonyl (C=O) groups excluding carboxylic acids is 1. The number of rotatable bonds is 10. The number of nitrogens with one attached hydrogen (secondary N) is 2. The summed E-state index contributed by atoms with van der Waals surface area (Å²) in [6.07, 6.45) is 2.67. The normalized spacial score (nSPS) is 13.3. The molecule has 0 aliphatic carbocycles. The fourth-order valence-electron chi connectivity index (χ4n) is 3.85. The van der Waals surface area contributed by atoms with Crippen molar-refractivity contribution in [2.75, 3.05) is 13.7 Å². The summed E-state index contributed by atoms with van der Waals surface area (Å²) in [5.74, 6) is 0.282. The van der Waals surface area contributed by atoms with Crippen LogP contribution in [-0.2, 0) is 15.3 Å². The third kappa shape index (κ3) is 6.60. The Bertz CT molecular complexity index is 1490. The molecule has 0 spiro atoms. The van der Waals surface area contributed by atoms with Gasteiger partial charge in [-0.1, -0.05) is 42.5 Å². The molecule has 0 saturated carbocycles. The SMILES string of the molecule is CCOP(=O)(O)Cc1ccc(C(NC(=O)c2cnc(-c3ccccn3)[nH]c2=O)c2ccc(OC)cc2)cc1. The minimum atomic E-state index is -3.75. The molecule has 2 aromatic carbocycles. The van der Waals surface area contributed by atoms with E-state index in [9.17, 15) is 19.0 Å². The van der Waals surface area contributed by atoms with Gasteiger partial charge in [-0.25, -0.2) is 4.98 Å². The fraction of sp³-hybridized carbons (Fsp3) is 0.185. The Morgan fingerprint density at radius 2 is 1.74 bits per heavy atom. The average Bonchev–Trinajstić information content (AvgIpc) is 2.92. The van der Waals surface area contributed by atoms with Crippen molar-refractivity contribution in [3.8, 4) is 17.3 Å². The molecule has 4 aromatic rings. The molecule has 0 saturated heterocycles. The number of aromatic amines is 1. The largest absolute Gasteiger partial charge is 0.497 e. The number of pyridine rings is 1. The van der Waals surface area contributed by atoms with E-state index in [-0.39, 0.29) is 24.2 Å². The van der Waals surface area contributed by atoms with Crippen molar-refractivity contribution < 1.29 is 23.5 Å². The maximum absolute atomic E-state index is 13.2. The van der Waals surface area contributed by atoms with Gasteiger partial charge in [0.15, 0.2) is 5.82 Å². The number of aromatic nitrogens is 3. The summed E-state index contributed by atoms with van der Waals surface area (Å²) in [4.78, 5) is 46.9. The Hall–Kier alpha value is -4.11. The van der Waals surface area contributed by atoms with Crippen LogP contribution >= 0.6 is 7.60 Å². The van der Waals surface area contributed by atoms with E-state index in [2.05, 4.69) is 20.3 Å². The first-order valence-electron chi connectivity index (χ1n) is 11.8. The first-order chi connectivity index (χ1) is 18.3. The number of ether oxygens (including phenoxy) is 1. The lowest BCUT2D eigenvalue weighted by atomic mass is 9.97. The van der Waals surface area contributed by atoms with Gasteiger partial charge in [-0.3, -0.25) is 19.1 Å². The van der Waals surface area contributed by atoms with Gasteiger partial charge in [0.25, 0.3) is 11.5 Å². The second kappa shape index (κ2) is 12.0. The molecule has 11 heteroatoms. The summed E-state index contributed by atoms with van der Waals surface area (Å²) < 4.78 is 22.3. The highest BCUT2D eigenvalue weighted by molar-refractivity contribution is 7.51. The van der Waals surface area contributed by atoms with Crippen molar-refractivity contribution in [3.05, 3.63) is 112 Å². The van der Waals surface area contributed by atoms with Crippen LogP contribution in [0.5, 0.6) is 5.75 Å². The summed E-state index contributed by atoms with van der Waals surface area (Å²) in [6.45, 7) is 1.79. The first kappa shape index (κ1) is 26.9. The van der Waals surface area contributed by atoms with Crippen LogP contribution in [0.3, 0.4) is 0 Å². The summed E-state index contributed by atoms with van der Waals surface area (Å²) in [5, 5.41) is 2.91. The highest BCUT2D eigenvalue weighted by Crippen LogP contribution is 2.45. The third-order valence-electron chi connectivity index (χ3n) is 5.70. The Kier molecular flexibility index (Phi) is 8.48. The Balaban J connectivity index is 1.62. The van der Waals surface area contributed by atoms with Crippen LogP contribution in [0, 0.1) is 0 Å². The fourth-order valence-corrected chi connectivity index (χ4v) is 5.01. The van der Waals surface area contributed by atoms with E-state index < -0.39 is 25.1 Å². The number of H-pyrrole nitrogens is 1. The monoisotopic (exact) mass is 534 g/mol. The highest BCUT2D eigenvalue weighted by atomic mass is 31.2. The van der Waals surface area contributed by atoms with Gasteiger partial charge in [0.2, 0.25) is 0 Å². The number of hydrogen-bond acceptors (Lipinski definition) is 7. The molecule has 0 aliphatic heterocycles. The van der Waals surface area contributed by atoms with Gasteiger partial charge in [-0.15, -0.1) is 0 Å². The molecular weight excluding hydrogens is 507 g/mol. The van der Waals surface area contributed by atoms with E-state index in [4.69, 9.17) is 9.26 Å². The van der Waals surface area contributed by atoms with Crippen molar-refractivity contribution in [1.29, 1.82) is 0 Å². The minimum Gasteiger partial charge on any atom is -0.497 e.